The van der Waals surface area contributed by atoms with Gasteiger partial charge >= 0.3 is 0 Å². The second kappa shape index (κ2) is 9.09. The molecule has 5 heteroatoms. The van der Waals surface area contributed by atoms with Gasteiger partial charge in [-0.05, 0) is 18.6 Å². The molecule has 0 aliphatic rings. The predicted octanol–water partition coefficient (Wildman–Crippen LogP) is 1.30. The quantitative estimate of drug-likeness (QED) is 0.729. The highest BCUT2D eigenvalue weighted by Gasteiger charge is 2.09. The number of amides is 2. The molecule has 110 valence electrons. The van der Waals surface area contributed by atoms with Crippen LogP contribution < -0.4 is 5.32 Å². The van der Waals surface area contributed by atoms with E-state index in [9.17, 15) is 9.59 Å². The number of nitrogens with zero attached hydrogens (tertiary/aromatic N) is 1. The zero-order chi connectivity index (χ0) is 14.8. The summed E-state index contributed by atoms with van der Waals surface area (Å²) in [5.74, 6) is -0.110. The van der Waals surface area contributed by atoms with E-state index < -0.39 is 0 Å². The molecule has 0 aromatic heterocycles. The fraction of sp³-hybridized carbons (Fsp3) is 0.467. The molecule has 0 heterocycles. The van der Waals surface area contributed by atoms with Gasteiger partial charge in [0.25, 0.3) is 5.91 Å². The van der Waals surface area contributed by atoms with Crippen molar-refractivity contribution >= 4 is 11.8 Å². The molecule has 2 amide bonds. The van der Waals surface area contributed by atoms with Gasteiger partial charge in [-0.2, -0.15) is 0 Å². The van der Waals surface area contributed by atoms with Crippen molar-refractivity contribution in [2.45, 2.75) is 13.3 Å². The first-order chi connectivity index (χ1) is 9.65. The van der Waals surface area contributed by atoms with E-state index in [2.05, 4.69) is 5.32 Å². The molecule has 20 heavy (non-hydrogen) atoms. The standard InChI is InChI=1S/C15H22N2O3/c1-13(18)17(10-6-12-20-2)11-9-16-15(19)14-7-4-3-5-8-14/h3-5,7-8H,6,9-12H2,1-2H3,(H,16,19). The average Bonchev–Trinajstić information content (AvgIpc) is 2.46. The summed E-state index contributed by atoms with van der Waals surface area (Å²) < 4.78 is 4.96. The summed E-state index contributed by atoms with van der Waals surface area (Å²) in [5.41, 5.74) is 0.626. The third kappa shape index (κ3) is 5.84. The summed E-state index contributed by atoms with van der Waals surface area (Å²) in [6, 6.07) is 9.03. The van der Waals surface area contributed by atoms with Crippen LogP contribution in [0.5, 0.6) is 0 Å². The molecule has 0 aliphatic carbocycles. The van der Waals surface area contributed by atoms with Crippen molar-refractivity contribution < 1.29 is 14.3 Å². The molecule has 0 fully saturated rings. The zero-order valence-electron chi connectivity index (χ0n) is 12.1. The van der Waals surface area contributed by atoms with Gasteiger partial charge < -0.3 is 15.0 Å². The average molecular weight is 278 g/mol. The number of methoxy groups -OCH3 is 1. The molecule has 0 saturated carbocycles. The maximum atomic E-state index is 11.8. The van der Waals surface area contributed by atoms with Gasteiger partial charge in [-0.15, -0.1) is 0 Å². The summed E-state index contributed by atoms with van der Waals surface area (Å²) in [6.45, 7) is 3.76. The lowest BCUT2D eigenvalue weighted by Gasteiger charge is -2.21. The Balaban J connectivity index is 2.33. The number of ether oxygens (including phenoxy) is 1. The Bertz CT molecular complexity index is 420. The molecule has 5 nitrogen and oxygen atoms in total. The molecule has 1 rings (SSSR count). The summed E-state index contributed by atoms with van der Waals surface area (Å²) in [5, 5.41) is 2.81. The van der Waals surface area contributed by atoms with E-state index in [-0.39, 0.29) is 11.8 Å². The lowest BCUT2D eigenvalue weighted by molar-refractivity contribution is -0.129. The van der Waals surface area contributed by atoms with Crippen molar-refractivity contribution in [1.29, 1.82) is 0 Å². The van der Waals surface area contributed by atoms with Crippen LogP contribution in [0.4, 0.5) is 0 Å². The fourth-order valence-electron chi connectivity index (χ4n) is 1.82. The number of carbonyl (C=O) groups excluding carboxylic acids is 2. The van der Waals surface area contributed by atoms with Crippen LogP contribution in [-0.2, 0) is 9.53 Å². The Morgan fingerprint density at radius 1 is 1.20 bits per heavy atom. The molecule has 0 aliphatic heterocycles. The lowest BCUT2D eigenvalue weighted by Crippen LogP contribution is -2.38. The van der Waals surface area contributed by atoms with Crippen LogP contribution in [0.15, 0.2) is 30.3 Å². The highest BCUT2D eigenvalue weighted by molar-refractivity contribution is 5.94. The molecule has 0 unspecified atom stereocenters. The first-order valence-electron chi connectivity index (χ1n) is 6.73. The van der Waals surface area contributed by atoms with E-state index >= 15 is 0 Å². The highest BCUT2D eigenvalue weighted by Crippen LogP contribution is 1.98. The minimum Gasteiger partial charge on any atom is -0.385 e. The largest absolute Gasteiger partial charge is 0.385 e. The van der Waals surface area contributed by atoms with E-state index in [1.54, 1.807) is 24.1 Å². The van der Waals surface area contributed by atoms with Crippen molar-refractivity contribution in [1.82, 2.24) is 10.2 Å². The first-order valence-corrected chi connectivity index (χ1v) is 6.73. The van der Waals surface area contributed by atoms with Gasteiger partial charge in [-0.1, -0.05) is 18.2 Å². The van der Waals surface area contributed by atoms with E-state index in [4.69, 9.17) is 4.74 Å². The Labute approximate surface area is 119 Å². The van der Waals surface area contributed by atoms with E-state index in [0.29, 0.717) is 31.8 Å². The molecule has 1 aromatic rings. The molecule has 0 radical (unpaired) electrons. The minimum atomic E-state index is -0.119. The third-order valence-electron chi connectivity index (χ3n) is 2.93. The normalized spacial score (nSPS) is 10.1. The van der Waals surface area contributed by atoms with Crippen LogP contribution in [0.25, 0.3) is 0 Å². The number of carbonyl (C=O) groups is 2. The monoisotopic (exact) mass is 278 g/mol. The zero-order valence-corrected chi connectivity index (χ0v) is 12.1. The smallest absolute Gasteiger partial charge is 0.251 e. The van der Waals surface area contributed by atoms with Gasteiger partial charge in [0.05, 0.1) is 0 Å². The molecule has 0 atom stereocenters. The first kappa shape index (κ1) is 16.2. The Hall–Kier alpha value is -1.88. The Morgan fingerprint density at radius 2 is 1.90 bits per heavy atom. The summed E-state index contributed by atoms with van der Waals surface area (Å²) in [4.78, 5) is 25.0. The van der Waals surface area contributed by atoms with Crippen LogP contribution in [0.2, 0.25) is 0 Å². The highest BCUT2D eigenvalue weighted by atomic mass is 16.5. The fourth-order valence-corrected chi connectivity index (χ4v) is 1.82. The number of hydrogen-bond acceptors (Lipinski definition) is 3. The summed E-state index contributed by atoms with van der Waals surface area (Å²) >= 11 is 0. The Morgan fingerprint density at radius 3 is 2.50 bits per heavy atom. The molecular weight excluding hydrogens is 256 g/mol. The van der Waals surface area contributed by atoms with Crippen molar-refractivity contribution in [2.24, 2.45) is 0 Å². The van der Waals surface area contributed by atoms with Gasteiger partial charge in [-0.25, -0.2) is 0 Å². The summed E-state index contributed by atoms with van der Waals surface area (Å²) in [7, 11) is 1.64. The summed E-state index contributed by atoms with van der Waals surface area (Å²) in [6.07, 6.45) is 0.794. The molecule has 0 bridgehead atoms. The molecule has 0 saturated heterocycles. The van der Waals surface area contributed by atoms with Gasteiger partial charge in [0.2, 0.25) is 5.91 Å². The van der Waals surface area contributed by atoms with Gasteiger partial charge in [0.1, 0.15) is 0 Å². The van der Waals surface area contributed by atoms with E-state index in [1.165, 1.54) is 6.92 Å². The molecule has 1 N–H and O–H groups in total. The maximum absolute atomic E-state index is 11.8. The molecular formula is C15H22N2O3. The maximum Gasteiger partial charge on any atom is 0.251 e. The SMILES string of the molecule is COCCCN(CCNC(=O)c1ccccc1)C(C)=O. The van der Waals surface area contributed by atoms with Crippen LogP contribution in [0, 0.1) is 0 Å². The van der Waals surface area contributed by atoms with Crippen molar-refractivity contribution in [3.05, 3.63) is 35.9 Å². The van der Waals surface area contributed by atoms with Crippen LogP contribution in [-0.4, -0.2) is 50.1 Å². The van der Waals surface area contributed by atoms with Crippen LogP contribution in [0.1, 0.15) is 23.7 Å². The van der Waals surface area contributed by atoms with E-state index in [0.717, 1.165) is 6.42 Å². The lowest BCUT2D eigenvalue weighted by atomic mass is 10.2. The minimum absolute atomic E-state index is 0.00932. The van der Waals surface area contributed by atoms with E-state index in [1.807, 2.05) is 18.2 Å². The number of hydrogen-bond donors (Lipinski definition) is 1. The number of nitrogens with one attached hydrogen (secondary N) is 1. The van der Waals surface area contributed by atoms with Gasteiger partial charge in [-0.3, -0.25) is 9.59 Å². The number of benzene rings is 1. The number of rotatable bonds is 8. The Kier molecular flexibility index (Phi) is 7.35. The van der Waals surface area contributed by atoms with Crippen molar-refractivity contribution in [3.63, 3.8) is 0 Å². The van der Waals surface area contributed by atoms with Gasteiger partial charge in [0.15, 0.2) is 0 Å². The second-order valence-corrected chi connectivity index (χ2v) is 4.47. The van der Waals surface area contributed by atoms with Crippen molar-refractivity contribution in [3.8, 4) is 0 Å². The second-order valence-electron chi connectivity index (χ2n) is 4.47. The topological polar surface area (TPSA) is 58.6 Å². The van der Waals surface area contributed by atoms with Crippen LogP contribution in [0.3, 0.4) is 0 Å². The van der Waals surface area contributed by atoms with Crippen molar-refractivity contribution in [2.75, 3.05) is 33.4 Å². The molecule has 1 aromatic carbocycles. The molecule has 0 spiro atoms. The predicted molar refractivity (Wildman–Crippen MR) is 77.5 cm³/mol. The van der Waals surface area contributed by atoms with Crippen LogP contribution >= 0.6 is 0 Å². The van der Waals surface area contributed by atoms with Gasteiger partial charge in [0, 0.05) is 45.8 Å². The third-order valence-corrected chi connectivity index (χ3v) is 2.93.